The van der Waals surface area contributed by atoms with Crippen molar-refractivity contribution in [2.45, 2.75) is 58.9 Å². The molecule has 0 saturated heterocycles. The molecule has 3 rings (SSSR count). The number of rotatable bonds is 9. The third-order valence-electron chi connectivity index (χ3n) is 5.02. The van der Waals surface area contributed by atoms with E-state index in [0.717, 1.165) is 18.4 Å². The molecule has 0 radical (unpaired) electrons. The Labute approximate surface area is 178 Å². The molecular formula is C22H30N4O3S. The molecule has 2 aromatic heterocycles. The maximum atomic E-state index is 13.3. The van der Waals surface area contributed by atoms with Crippen LogP contribution in [-0.4, -0.2) is 40.6 Å². The zero-order valence-electron chi connectivity index (χ0n) is 18.3. The third-order valence-corrected chi connectivity index (χ3v) is 7.17. The van der Waals surface area contributed by atoms with E-state index in [-0.39, 0.29) is 0 Å². The molecule has 1 aromatic carbocycles. The van der Waals surface area contributed by atoms with E-state index in [9.17, 15) is 8.42 Å². The standard InChI is InChI=1S/C22H30N4O3S/c1-6-12-25(13-7-2)30(27,28)21-17(4)24-26(18(21)5)14-20-15-29-22(23-20)19-10-8-16(3)9-11-19/h8-11,15H,6-7,12-14H2,1-5H3. The predicted molar refractivity (Wildman–Crippen MR) is 117 cm³/mol. The van der Waals surface area contributed by atoms with E-state index in [1.54, 1.807) is 29.1 Å². The molecule has 0 saturated carbocycles. The lowest BCUT2D eigenvalue weighted by molar-refractivity contribution is 0.409. The summed E-state index contributed by atoms with van der Waals surface area (Å²) in [5.74, 6) is 0.538. The summed E-state index contributed by atoms with van der Waals surface area (Å²) >= 11 is 0. The Balaban J connectivity index is 1.88. The van der Waals surface area contributed by atoms with Crippen LogP contribution in [0.3, 0.4) is 0 Å². The first-order valence-electron chi connectivity index (χ1n) is 10.3. The first-order valence-corrected chi connectivity index (χ1v) is 11.8. The zero-order chi connectivity index (χ0) is 21.9. The van der Waals surface area contributed by atoms with Crippen molar-refractivity contribution in [3.05, 3.63) is 53.2 Å². The third kappa shape index (κ3) is 4.49. The summed E-state index contributed by atoms with van der Waals surface area (Å²) < 4.78 is 35.4. The van der Waals surface area contributed by atoms with Crippen LogP contribution in [0.15, 0.2) is 39.8 Å². The van der Waals surface area contributed by atoms with E-state index in [4.69, 9.17) is 4.42 Å². The van der Waals surface area contributed by atoms with Gasteiger partial charge in [-0.3, -0.25) is 4.68 Å². The van der Waals surface area contributed by atoms with Crippen LogP contribution in [0.4, 0.5) is 0 Å². The molecular weight excluding hydrogens is 400 g/mol. The fourth-order valence-corrected chi connectivity index (χ4v) is 5.55. The van der Waals surface area contributed by atoms with Crippen LogP contribution in [0.25, 0.3) is 11.5 Å². The zero-order valence-corrected chi connectivity index (χ0v) is 19.2. The van der Waals surface area contributed by atoms with E-state index < -0.39 is 10.0 Å². The number of hydrogen-bond acceptors (Lipinski definition) is 5. The van der Waals surface area contributed by atoms with Crippen LogP contribution in [0, 0.1) is 20.8 Å². The van der Waals surface area contributed by atoms with Gasteiger partial charge in [0.15, 0.2) is 0 Å². The molecule has 3 aromatic rings. The monoisotopic (exact) mass is 430 g/mol. The van der Waals surface area contributed by atoms with Crippen molar-refractivity contribution in [2.75, 3.05) is 13.1 Å². The fraction of sp³-hybridized carbons (Fsp3) is 0.455. The highest BCUT2D eigenvalue weighted by Gasteiger charge is 2.30. The number of hydrogen-bond donors (Lipinski definition) is 0. The molecule has 7 nitrogen and oxygen atoms in total. The van der Waals surface area contributed by atoms with Gasteiger partial charge in [0.05, 0.1) is 17.9 Å². The summed E-state index contributed by atoms with van der Waals surface area (Å²) in [4.78, 5) is 4.85. The van der Waals surface area contributed by atoms with Crippen LogP contribution in [0.2, 0.25) is 0 Å². The average molecular weight is 431 g/mol. The maximum Gasteiger partial charge on any atom is 0.246 e. The molecule has 2 heterocycles. The minimum atomic E-state index is -3.59. The van der Waals surface area contributed by atoms with Gasteiger partial charge in [-0.05, 0) is 45.7 Å². The summed E-state index contributed by atoms with van der Waals surface area (Å²) in [6.45, 7) is 10.9. The van der Waals surface area contributed by atoms with Crippen LogP contribution in [-0.2, 0) is 16.6 Å². The number of nitrogens with zero attached hydrogens (tertiary/aromatic N) is 4. The first kappa shape index (κ1) is 22.2. The number of aryl methyl sites for hydroxylation is 2. The Morgan fingerprint density at radius 1 is 1.03 bits per heavy atom. The Morgan fingerprint density at radius 2 is 1.67 bits per heavy atom. The minimum Gasteiger partial charge on any atom is -0.444 e. The van der Waals surface area contributed by atoms with Crippen molar-refractivity contribution in [2.24, 2.45) is 0 Å². The van der Waals surface area contributed by atoms with Crippen LogP contribution >= 0.6 is 0 Å². The highest BCUT2D eigenvalue weighted by atomic mass is 32.2. The molecule has 30 heavy (non-hydrogen) atoms. The SMILES string of the molecule is CCCN(CCC)S(=O)(=O)c1c(C)nn(Cc2coc(-c3ccc(C)cc3)n2)c1C. The highest BCUT2D eigenvalue weighted by molar-refractivity contribution is 7.89. The summed E-state index contributed by atoms with van der Waals surface area (Å²) in [7, 11) is -3.59. The minimum absolute atomic E-state index is 0.298. The number of benzene rings is 1. The Bertz CT molecular complexity index is 1090. The van der Waals surface area contributed by atoms with Crippen LogP contribution in [0.5, 0.6) is 0 Å². The molecule has 0 bridgehead atoms. The molecule has 162 valence electrons. The van der Waals surface area contributed by atoms with Crippen LogP contribution in [0.1, 0.15) is 49.3 Å². The lowest BCUT2D eigenvalue weighted by Gasteiger charge is -2.21. The molecule has 0 aliphatic rings. The van der Waals surface area contributed by atoms with E-state index in [0.29, 0.717) is 47.5 Å². The largest absolute Gasteiger partial charge is 0.444 e. The van der Waals surface area contributed by atoms with Crippen molar-refractivity contribution in [1.82, 2.24) is 19.1 Å². The summed E-state index contributed by atoms with van der Waals surface area (Å²) in [5.41, 5.74) is 3.89. The van der Waals surface area contributed by atoms with E-state index >= 15 is 0 Å². The second kappa shape index (κ2) is 9.14. The molecule has 0 N–H and O–H groups in total. The van der Waals surface area contributed by atoms with Gasteiger partial charge in [-0.25, -0.2) is 13.4 Å². The van der Waals surface area contributed by atoms with Gasteiger partial charge in [0.25, 0.3) is 0 Å². The Morgan fingerprint density at radius 3 is 2.27 bits per heavy atom. The van der Waals surface area contributed by atoms with Crippen molar-refractivity contribution < 1.29 is 12.8 Å². The smallest absolute Gasteiger partial charge is 0.246 e. The molecule has 0 unspecified atom stereocenters. The topological polar surface area (TPSA) is 81.2 Å². The molecule has 0 aliphatic carbocycles. The van der Waals surface area contributed by atoms with Gasteiger partial charge in [0.2, 0.25) is 15.9 Å². The molecule has 0 aliphatic heterocycles. The average Bonchev–Trinajstić information content (AvgIpc) is 3.27. The Kier molecular flexibility index (Phi) is 6.77. The molecule has 8 heteroatoms. The summed E-state index contributed by atoms with van der Waals surface area (Å²) in [6, 6.07) is 7.95. The lowest BCUT2D eigenvalue weighted by atomic mass is 10.1. The number of oxazole rings is 1. The Hall–Kier alpha value is -2.45. The van der Waals surface area contributed by atoms with Gasteiger partial charge < -0.3 is 4.42 Å². The van der Waals surface area contributed by atoms with E-state index in [1.807, 2.05) is 45.0 Å². The normalized spacial score (nSPS) is 12.1. The predicted octanol–water partition coefficient (Wildman–Crippen LogP) is 4.32. The van der Waals surface area contributed by atoms with Crippen molar-refractivity contribution in [3.63, 3.8) is 0 Å². The summed E-state index contributed by atoms with van der Waals surface area (Å²) in [6.07, 6.45) is 3.14. The highest BCUT2D eigenvalue weighted by Crippen LogP contribution is 2.25. The second-order valence-corrected chi connectivity index (χ2v) is 9.45. The number of sulfonamides is 1. The van der Waals surface area contributed by atoms with Gasteiger partial charge in [-0.2, -0.15) is 9.40 Å². The quantitative estimate of drug-likeness (QED) is 0.505. The van der Waals surface area contributed by atoms with Gasteiger partial charge in [-0.1, -0.05) is 31.5 Å². The second-order valence-electron chi connectivity index (χ2n) is 7.57. The van der Waals surface area contributed by atoms with Crippen LogP contribution < -0.4 is 0 Å². The molecule has 0 amide bonds. The van der Waals surface area contributed by atoms with Gasteiger partial charge in [0.1, 0.15) is 16.9 Å². The van der Waals surface area contributed by atoms with E-state index in [1.165, 1.54) is 5.56 Å². The maximum absolute atomic E-state index is 13.3. The lowest BCUT2D eigenvalue weighted by Crippen LogP contribution is -2.33. The van der Waals surface area contributed by atoms with Gasteiger partial charge >= 0.3 is 0 Å². The number of aromatic nitrogens is 3. The van der Waals surface area contributed by atoms with E-state index in [2.05, 4.69) is 10.1 Å². The van der Waals surface area contributed by atoms with Crippen molar-refractivity contribution in [1.29, 1.82) is 0 Å². The van der Waals surface area contributed by atoms with Crippen molar-refractivity contribution >= 4 is 10.0 Å². The van der Waals surface area contributed by atoms with Crippen molar-refractivity contribution in [3.8, 4) is 11.5 Å². The van der Waals surface area contributed by atoms with Gasteiger partial charge in [0, 0.05) is 18.7 Å². The molecule has 0 fully saturated rings. The molecule has 0 atom stereocenters. The van der Waals surface area contributed by atoms with Gasteiger partial charge in [-0.15, -0.1) is 0 Å². The fourth-order valence-electron chi connectivity index (χ4n) is 3.55. The first-order chi connectivity index (χ1) is 14.3. The summed E-state index contributed by atoms with van der Waals surface area (Å²) in [5, 5.41) is 4.50. The molecule has 0 spiro atoms.